The van der Waals surface area contributed by atoms with Gasteiger partial charge in [-0.15, -0.1) is 47.5 Å². The van der Waals surface area contributed by atoms with E-state index in [1.807, 2.05) is 30.3 Å². The molecule has 1 fully saturated rings. The van der Waals surface area contributed by atoms with Crippen molar-refractivity contribution in [3.63, 3.8) is 0 Å². The summed E-state index contributed by atoms with van der Waals surface area (Å²) in [6.07, 6.45) is 5.24. The zero-order chi connectivity index (χ0) is 55.8. The molecule has 0 spiro atoms. The number of benzene rings is 5. The van der Waals surface area contributed by atoms with Crippen LogP contribution in [-0.4, -0.2) is 9.97 Å². The molecule has 0 aliphatic heterocycles. The summed E-state index contributed by atoms with van der Waals surface area (Å²) in [7, 11) is 0. The molecule has 0 bridgehead atoms. The van der Waals surface area contributed by atoms with E-state index in [1.54, 1.807) is 36.4 Å². The number of hydrogen-bond donors (Lipinski definition) is 0. The van der Waals surface area contributed by atoms with Crippen molar-refractivity contribution in [2.75, 3.05) is 0 Å². The minimum Gasteiger partial charge on any atom is -0.500 e. The first-order valence-corrected chi connectivity index (χ1v) is 18.7. The van der Waals surface area contributed by atoms with Gasteiger partial charge in [0.25, 0.3) is 0 Å². The van der Waals surface area contributed by atoms with Gasteiger partial charge in [0.05, 0.1) is 5.58 Å². The van der Waals surface area contributed by atoms with Crippen molar-refractivity contribution in [2.24, 2.45) is 5.41 Å². The van der Waals surface area contributed by atoms with Crippen molar-refractivity contribution in [1.82, 2.24) is 9.97 Å². The van der Waals surface area contributed by atoms with Crippen LogP contribution in [0.15, 0.2) is 120 Å². The van der Waals surface area contributed by atoms with Crippen LogP contribution in [0.4, 0.5) is 0 Å². The van der Waals surface area contributed by atoms with Crippen LogP contribution < -0.4 is 0 Å². The predicted octanol–water partition coefficient (Wildman–Crippen LogP) is 14.9. The van der Waals surface area contributed by atoms with Gasteiger partial charge in [0.15, 0.2) is 0 Å². The molecule has 8 aromatic rings. The third kappa shape index (κ3) is 8.51. The molecule has 3 nitrogen and oxygen atoms in total. The van der Waals surface area contributed by atoms with Gasteiger partial charge < -0.3 is 14.4 Å². The van der Waals surface area contributed by atoms with Gasteiger partial charge in [-0.05, 0) is 133 Å². The van der Waals surface area contributed by atoms with Crippen molar-refractivity contribution >= 4 is 21.9 Å². The molecule has 0 unspecified atom stereocenters. The van der Waals surface area contributed by atoms with Crippen LogP contribution in [0.25, 0.3) is 66.7 Å². The fraction of sp³-hybridized carbons (Fsp3) is 0.259. The number of furan rings is 1. The van der Waals surface area contributed by atoms with Crippen molar-refractivity contribution in [1.29, 1.82) is 0 Å². The molecular formula is C54H52IrN2O-2. The van der Waals surface area contributed by atoms with Crippen LogP contribution in [0, 0.1) is 58.7 Å². The van der Waals surface area contributed by atoms with Crippen LogP contribution in [0.5, 0.6) is 0 Å². The quantitative estimate of drug-likeness (QED) is 0.161. The largest absolute Gasteiger partial charge is 0.500 e. The van der Waals surface area contributed by atoms with Gasteiger partial charge in [0.2, 0.25) is 0 Å². The molecule has 4 heteroatoms. The average molecular weight is 956 g/mol. The van der Waals surface area contributed by atoms with E-state index in [-0.39, 0.29) is 97.8 Å². The Morgan fingerprint density at radius 2 is 1.45 bits per heavy atom. The summed E-state index contributed by atoms with van der Waals surface area (Å²) in [6.45, 7) is -10.8. The maximum atomic E-state index is 9.26. The van der Waals surface area contributed by atoms with E-state index in [4.69, 9.17) is 29.1 Å². The van der Waals surface area contributed by atoms with Crippen molar-refractivity contribution in [3.8, 4) is 44.8 Å². The zero-order valence-electron chi connectivity index (χ0n) is 50.9. The normalized spacial score (nSPS) is 20.6. The number of aryl methyl sites for hydroxylation is 6. The monoisotopic (exact) mass is 956 g/mol. The molecule has 1 radical (unpaired) electrons. The summed E-state index contributed by atoms with van der Waals surface area (Å²) in [6, 6.07) is 33.5. The van der Waals surface area contributed by atoms with Crippen molar-refractivity contribution in [3.05, 3.63) is 167 Å². The Hall–Kier alpha value is -5.15. The summed E-state index contributed by atoms with van der Waals surface area (Å²) in [4.78, 5) is 8.64. The SMILES string of the molecule is [2H]C([2H])([2H])c1cc(C([2H])([2H])[2H])c2oc3c(-c4cc(-c5ccc(C6([2H])CCC(C)(C)CC6)cc5C([2H])([2H])[2H])c(C([2H])([2H])[2H])cn4)[c-]ccc3c2c1.[2H]C([2H])([2H])c1ccc(-c2[c-]cc(C([2H])([2H])[2H])c(-c3ccccc3)c2)nc1.[Ir]. The molecule has 58 heavy (non-hydrogen) atoms. The number of aromatic nitrogens is 2. The van der Waals surface area contributed by atoms with E-state index in [1.165, 1.54) is 42.7 Å². The molecule has 0 N–H and O–H groups in total. The Balaban J connectivity index is 0.000000268. The van der Waals surface area contributed by atoms with Crippen LogP contribution in [0.3, 0.4) is 0 Å². The second-order valence-electron chi connectivity index (χ2n) is 15.2. The maximum Gasteiger partial charge on any atom is 0.123 e. The first-order valence-electron chi connectivity index (χ1n) is 28.2. The molecular weight excluding hydrogens is 885 g/mol. The summed E-state index contributed by atoms with van der Waals surface area (Å²) >= 11 is 0. The van der Waals surface area contributed by atoms with E-state index in [0.29, 0.717) is 40.6 Å². The number of pyridine rings is 2. The minimum atomic E-state index is -2.70. The van der Waals surface area contributed by atoms with Crippen molar-refractivity contribution in [2.45, 2.75) is 86.5 Å². The fourth-order valence-electron chi connectivity index (χ4n) is 7.41. The van der Waals surface area contributed by atoms with Gasteiger partial charge >= 0.3 is 0 Å². The second-order valence-corrected chi connectivity index (χ2v) is 15.2. The predicted molar refractivity (Wildman–Crippen MR) is 239 cm³/mol. The third-order valence-corrected chi connectivity index (χ3v) is 10.7. The van der Waals surface area contributed by atoms with E-state index in [9.17, 15) is 1.37 Å². The third-order valence-electron chi connectivity index (χ3n) is 10.7. The fourth-order valence-corrected chi connectivity index (χ4v) is 7.41. The van der Waals surface area contributed by atoms with Crippen LogP contribution in [-0.2, 0) is 20.1 Å². The van der Waals surface area contributed by atoms with E-state index in [2.05, 4.69) is 35.9 Å². The van der Waals surface area contributed by atoms with Gasteiger partial charge in [-0.1, -0.05) is 116 Å². The average Bonchev–Trinajstić information content (AvgIpc) is 3.75. The Labute approximate surface area is 385 Å². The molecule has 295 valence electrons. The molecule has 1 saturated carbocycles. The molecule has 1 aliphatic carbocycles. The Bertz CT molecular complexity index is 3430. The Morgan fingerprint density at radius 1 is 0.655 bits per heavy atom. The van der Waals surface area contributed by atoms with Crippen LogP contribution in [0.2, 0.25) is 0 Å². The summed E-state index contributed by atoms with van der Waals surface area (Å²) < 4.78 is 159. The molecule has 3 heterocycles. The Morgan fingerprint density at radius 3 is 2.19 bits per heavy atom. The Kier molecular flexibility index (Phi) is 6.86. The molecule has 0 atom stereocenters. The second kappa shape index (κ2) is 17.0. The smallest absolute Gasteiger partial charge is 0.123 e. The van der Waals surface area contributed by atoms with E-state index >= 15 is 0 Å². The first kappa shape index (κ1) is 23.4. The van der Waals surface area contributed by atoms with Gasteiger partial charge in [-0.3, -0.25) is 0 Å². The van der Waals surface area contributed by atoms with E-state index in [0.717, 1.165) is 24.5 Å². The molecule has 3 aromatic heterocycles. The molecule has 0 amide bonds. The summed E-state index contributed by atoms with van der Waals surface area (Å²) in [5, 5.41) is 0.669. The molecule has 5 aromatic carbocycles. The molecule has 9 rings (SSSR count). The standard InChI is InChI=1S/C35H36NO.C19H16N.Ir/c1-21-16-23(3)33-31(17-21)28-8-7-9-29(34(28)37-33)32-19-30(24(4)20-36-32)27-11-10-26(18-22(27)2)25-12-14-35(5,6)15-13-25;1-14-8-11-19(20-13-14)17-10-9-15(2)18(12-17)16-6-4-3-5-7-16;/h7-8,10-11,16-20,25H,12-15H2,1-6H3;3-9,11-13H,1-2H3;/q2*-1;/i1D3,2D3,3D3,4D3,25D;1D3,2D3;. The summed E-state index contributed by atoms with van der Waals surface area (Å²) in [5.41, 5.74) is 3.64. The topological polar surface area (TPSA) is 38.9 Å². The number of fused-ring (bicyclic) bond motifs is 3. The van der Waals surface area contributed by atoms with Gasteiger partial charge in [-0.25, -0.2) is 0 Å². The van der Waals surface area contributed by atoms with Crippen molar-refractivity contribution < 1.29 is 50.6 Å². The van der Waals surface area contributed by atoms with Gasteiger partial charge in [0.1, 0.15) is 5.58 Å². The summed E-state index contributed by atoms with van der Waals surface area (Å²) in [5.74, 6) is -0.983. The number of hydrogen-bond acceptors (Lipinski definition) is 3. The van der Waals surface area contributed by atoms with Gasteiger partial charge in [0, 0.05) is 63.9 Å². The number of rotatable bonds is 5. The maximum absolute atomic E-state index is 9.26. The molecule has 1 aliphatic rings. The molecule has 0 saturated heterocycles. The minimum absolute atomic E-state index is 0. The van der Waals surface area contributed by atoms with Crippen LogP contribution in [0.1, 0.15) is 110 Å². The number of nitrogens with zero attached hydrogens (tertiary/aromatic N) is 2. The zero-order valence-corrected chi connectivity index (χ0v) is 34.3. The van der Waals surface area contributed by atoms with E-state index < -0.39 is 47.0 Å². The first-order chi connectivity index (χ1) is 35.0. The van der Waals surface area contributed by atoms with Crippen LogP contribution >= 0.6 is 0 Å². The van der Waals surface area contributed by atoms with Gasteiger partial charge in [-0.2, -0.15) is 0 Å².